The van der Waals surface area contributed by atoms with Crippen molar-refractivity contribution in [3.63, 3.8) is 0 Å². The van der Waals surface area contributed by atoms with Gasteiger partial charge in [0.05, 0.1) is 31.0 Å². The van der Waals surface area contributed by atoms with Crippen molar-refractivity contribution in [1.82, 2.24) is 28.9 Å². The van der Waals surface area contributed by atoms with Crippen LogP contribution < -0.4 is 16.2 Å². The van der Waals surface area contributed by atoms with Crippen molar-refractivity contribution in [1.29, 1.82) is 5.26 Å². The molecule has 1 amide bonds. The Hall–Kier alpha value is -4.99. The molecule has 4 aromatic rings. The van der Waals surface area contributed by atoms with Crippen LogP contribution in [0.1, 0.15) is 26.3 Å². The Kier molecular flexibility index (Phi) is 7.67. The number of imidazole rings is 1. The van der Waals surface area contributed by atoms with Gasteiger partial charge in [-0.2, -0.15) is 5.26 Å². The summed E-state index contributed by atoms with van der Waals surface area (Å²) in [6.45, 7) is 5.83. The number of hydrogen-bond donors (Lipinski definition) is 1. The number of para-hydroxylation sites is 1. The van der Waals surface area contributed by atoms with Gasteiger partial charge < -0.3 is 20.1 Å². The average molecular weight is 595 g/mol. The molecule has 2 aromatic heterocycles. The summed E-state index contributed by atoms with van der Waals surface area (Å²) in [5, 5.41) is 9.93. The maximum Gasteiger partial charge on any atom is 0.335 e. The summed E-state index contributed by atoms with van der Waals surface area (Å²) in [7, 11) is 1.97. The Morgan fingerprint density at radius 3 is 2.50 bits per heavy atom. The van der Waals surface area contributed by atoms with E-state index in [4.69, 9.17) is 15.2 Å². The molecule has 0 bridgehead atoms. The highest BCUT2D eigenvalue weighted by Gasteiger charge is 2.36. The van der Waals surface area contributed by atoms with Crippen LogP contribution in [0.15, 0.2) is 77.4 Å². The number of fused-ring (bicyclic) bond motifs is 1. The molecule has 226 valence electrons. The van der Waals surface area contributed by atoms with Crippen LogP contribution in [0.25, 0.3) is 16.9 Å². The first-order chi connectivity index (χ1) is 21.2. The van der Waals surface area contributed by atoms with E-state index in [1.807, 2.05) is 51.2 Å². The molecular weight excluding hydrogens is 560 g/mol. The third-order valence-electron chi connectivity index (χ3n) is 8.50. The molecule has 12 heteroatoms. The van der Waals surface area contributed by atoms with Crippen LogP contribution in [0.5, 0.6) is 11.5 Å². The van der Waals surface area contributed by atoms with Gasteiger partial charge in [0, 0.05) is 18.6 Å². The largest absolute Gasteiger partial charge is 0.457 e. The fraction of sp³-hybridized carbons (Fsp3) is 0.344. The first kappa shape index (κ1) is 29.1. The van der Waals surface area contributed by atoms with Gasteiger partial charge in [-0.15, -0.1) is 0 Å². The number of rotatable bonds is 8. The number of ether oxygens (including phenoxy) is 2. The van der Waals surface area contributed by atoms with E-state index in [9.17, 15) is 14.9 Å². The molecule has 0 unspecified atom stereocenters. The summed E-state index contributed by atoms with van der Waals surface area (Å²) >= 11 is 0. The number of nitrogen functional groups attached to an aromatic ring is 1. The zero-order chi connectivity index (χ0) is 31.0. The molecule has 2 aromatic carbocycles. The van der Waals surface area contributed by atoms with Gasteiger partial charge in [0.1, 0.15) is 35.0 Å². The third kappa shape index (κ3) is 5.32. The number of likely N-dealkylation sites (tertiary alicyclic amines) is 1. The predicted octanol–water partition coefficient (Wildman–Crippen LogP) is 3.29. The van der Waals surface area contributed by atoms with E-state index in [0.29, 0.717) is 54.5 Å². The van der Waals surface area contributed by atoms with Crippen molar-refractivity contribution >= 4 is 22.9 Å². The van der Waals surface area contributed by atoms with E-state index in [0.717, 1.165) is 0 Å². The fourth-order valence-electron chi connectivity index (χ4n) is 5.75. The standard InChI is InChI=1S/C32H34N8O4/c1-32(2,37(3)24-18-43-19-24)15-21(16-33)30(41)38-14-13-23(17-38)40-29-27(28(34)35-20-36-29)39(31(40)42)22-9-11-26(12-10-22)44-25-7-5-4-6-8-25/h4-12,15,20,23-24H,13-14,17-19H2,1-3H3,(H2,34,35,36)/b21-15-/t23-/m0/s1. The molecule has 0 saturated carbocycles. The van der Waals surface area contributed by atoms with Crippen LogP contribution >= 0.6 is 0 Å². The number of carbonyl (C=O) groups excluding carboxylic acids is 1. The van der Waals surface area contributed by atoms with Gasteiger partial charge in [0.25, 0.3) is 5.91 Å². The molecule has 12 nitrogen and oxygen atoms in total. The number of amides is 1. The lowest BCUT2D eigenvalue weighted by Crippen LogP contribution is -2.55. The van der Waals surface area contributed by atoms with E-state index in [2.05, 4.69) is 20.9 Å². The first-order valence-corrected chi connectivity index (χ1v) is 14.5. The SMILES string of the molecule is CN(C1COC1)C(C)(C)/C=C(/C#N)C(=O)N1CC[C@H](n2c(=O)n(-c3ccc(Oc4ccccc4)cc3)c3c(N)ncnc32)C1. The highest BCUT2D eigenvalue weighted by molar-refractivity contribution is 5.97. The predicted molar refractivity (Wildman–Crippen MR) is 164 cm³/mol. The topological polar surface area (TPSA) is 145 Å². The normalized spacial score (nSPS) is 17.6. The maximum atomic E-state index is 14.0. The Morgan fingerprint density at radius 1 is 1.14 bits per heavy atom. The number of nitriles is 1. The van der Waals surface area contributed by atoms with Crippen molar-refractivity contribution < 1.29 is 14.3 Å². The van der Waals surface area contributed by atoms with Gasteiger partial charge in [-0.3, -0.25) is 18.8 Å². The second-order valence-corrected chi connectivity index (χ2v) is 11.6. The zero-order valence-corrected chi connectivity index (χ0v) is 24.9. The zero-order valence-electron chi connectivity index (χ0n) is 24.9. The van der Waals surface area contributed by atoms with Gasteiger partial charge in [-0.25, -0.2) is 14.8 Å². The molecule has 4 heterocycles. The number of nitrogens with zero attached hydrogens (tertiary/aromatic N) is 7. The summed E-state index contributed by atoms with van der Waals surface area (Å²) < 4.78 is 14.3. The minimum Gasteiger partial charge on any atom is -0.457 e. The second kappa shape index (κ2) is 11.6. The van der Waals surface area contributed by atoms with Crippen LogP contribution in [-0.4, -0.2) is 79.7 Å². The fourth-order valence-corrected chi connectivity index (χ4v) is 5.75. The smallest absolute Gasteiger partial charge is 0.335 e. The molecule has 6 rings (SSSR count). The Bertz CT molecular complexity index is 1820. The monoisotopic (exact) mass is 594 g/mol. The Morgan fingerprint density at radius 2 is 1.84 bits per heavy atom. The minimum atomic E-state index is -0.533. The lowest BCUT2D eigenvalue weighted by Gasteiger charge is -2.43. The lowest BCUT2D eigenvalue weighted by atomic mass is 9.96. The molecule has 44 heavy (non-hydrogen) atoms. The number of anilines is 1. The summed E-state index contributed by atoms with van der Waals surface area (Å²) in [4.78, 5) is 39.9. The minimum absolute atomic E-state index is 0.0712. The Labute approximate surface area is 254 Å². The number of hydrogen-bond acceptors (Lipinski definition) is 9. The second-order valence-electron chi connectivity index (χ2n) is 11.6. The van der Waals surface area contributed by atoms with Crippen molar-refractivity contribution in [2.75, 3.05) is 39.1 Å². The molecule has 2 N–H and O–H groups in total. The van der Waals surface area contributed by atoms with E-state index < -0.39 is 5.54 Å². The third-order valence-corrected chi connectivity index (χ3v) is 8.50. The molecule has 2 fully saturated rings. The van der Waals surface area contributed by atoms with Crippen molar-refractivity contribution in [3.8, 4) is 23.3 Å². The number of likely N-dealkylation sites (N-methyl/N-ethyl adjacent to an activating group) is 1. The van der Waals surface area contributed by atoms with Crippen LogP contribution in [0.4, 0.5) is 5.82 Å². The molecule has 2 saturated heterocycles. The molecule has 0 aliphatic carbocycles. The molecule has 2 aliphatic heterocycles. The van der Waals surface area contributed by atoms with Crippen LogP contribution in [0.2, 0.25) is 0 Å². The molecular formula is C32H34N8O4. The number of aromatic nitrogens is 4. The molecule has 0 radical (unpaired) electrons. The lowest BCUT2D eigenvalue weighted by molar-refractivity contribution is -0.125. The van der Waals surface area contributed by atoms with Gasteiger partial charge >= 0.3 is 5.69 Å². The van der Waals surface area contributed by atoms with Crippen LogP contribution in [0.3, 0.4) is 0 Å². The molecule has 0 spiro atoms. The Balaban J connectivity index is 1.28. The summed E-state index contributed by atoms with van der Waals surface area (Å²) in [6.07, 6.45) is 3.56. The van der Waals surface area contributed by atoms with Gasteiger partial charge in [-0.1, -0.05) is 18.2 Å². The van der Waals surface area contributed by atoms with E-state index in [1.165, 1.54) is 10.9 Å². The van der Waals surface area contributed by atoms with E-state index >= 15 is 0 Å². The average Bonchev–Trinajstić information content (AvgIpc) is 3.58. The first-order valence-electron chi connectivity index (χ1n) is 14.5. The van der Waals surface area contributed by atoms with Crippen LogP contribution in [0, 0.1) is 11.3 Å². The van der Waals surface area contributed by atoms with Gasteiger partial charge in [0.15, 0.2) is 11.5 Å². The van der Waals surface area contributed by atoms with Crippen LogP contribution in [-0.2, 0) is 9.53 Å². The quantitative estimate of drug-likeness (QED) is 0.240. The summed E-state index contributed by atoms with van der Waals surface area (Å²) in [5.74, 6) is 1.12. The van der Waals surface area contributed by atoms with Gasteiger partial charge in [-0.05, 0) is 69.8 Å². The van der Waals surface area contributed by atoms with Crippen molar-refractivity contribution in [2.24, 2.45) is 0 Å². The number of nitrogens with two attached hydrogens (primary N) is 1. The van der Waals surface area contributed by atoms with E-state index in [-0.39, 0.29) is 41.6 Å². The molecule has 2 aliphatic rings. The van der Waals surface area contributed by atoms with E-state index in [1.54, 1.807) is 39.8 Å². The van der Waals surface area contributed by atoms with Crippen molar-refractivity contribution in [3.05, 3.63) is 83.1 Å². The maximum absolute atomic E-state index is 14.0. The number of benzene rings is 2. The summed E-state index contributed by atoms with van der Waals surface area (Å²) in [6, 6.07) is 18.5. The van der Waals surface area contributed by atoms with Gasteiger partial charge in [0.2, 0.25) is 0 Å². The molecule has 1 atom stereocenters. The number of carbonyl (C=O) groups is 1. The van der Waals surface area contributed by atoms with Crippen molar-refractivity contribution in [2.45, 2.75) is 37.9 Å². The summed E-state index contributed by atoms with van der Waals surface area (Å²) in [5.41, 5.74) is 6.83. The highest BCUT2D eigenvalue weighted by atomic mass is 16.5. The highest BCUT2D eigenvalue weighted by Crippen LogP contribution is 2.30.